The smallest absolute Gasteiger partial charge is 0.326 e. The Morgan fingerprint density at radius 1 is 1.40 bits per heavy atom. The highest BCUT2D eigenvalue weighted by Gasteiger charge is 2.31. The van der Waals surface area contributed by atoms with E-state index in [1.165, 1.54) is 0 Å². The summed E-state index contributed by atoms with van der Waals surface area (Å²) in [5, 5.41) is 8.67. The number of rotatable bonds is 1. The Kier molecular flexibility index (Phi) is 3.37. The third-order valence-electron chi connectivity index (χ3n) is 1.85. The van der Waals surface area contributed by atoms with Gasteiger partial charge in [0.05, 0.1) is 17.2 Å². The quantitative estimate of drug-likeness (QED) is 0.859. The van der Waals surface area contributed by atoms with Crippen LogP contribution in [0.4, 0.5) is 13.2 Å². The molecule has 0 amide bonds. The third kappa shape index (κ3) is 2.49. The number of nitrogens with two attached hydrogens (primary N) is 1. The fourth-order valence-electron chi connectivity index (χ4n) is 1.11. The van der Waals surface area contributed by atoms with Crippen molar-refractivity contribution in [3.05, 3.63) is 33.3 Å². The van der Waals surface area contributed by atoms with E-state index in [1.807, 2.05) is 0 Å². The van der Waals surface area contributed by atoms with Crippen LogP contribution in [0.3, 0.4) is 0 Å². The van der Waals surface area contributed by atoms with Gasteiger partial charge in [0.25, 0.3) is 0 Å². The molecule has 0 aromatic heterocycles. The second-order valence-corrected chi connectivity index (χ2v) is 3.65. The first-order chi connectivity index (χ1) is 6.90. The minimum absolute atomic E-state index is 0.0155. The zero-order valence-electron chi connectivity index (χ0n) is 7.40. The van der Waals surface area contributed by atoms with Gasteiger partial charge in [0.15, 0.2) is 0 Å². The van der Waals surface area contributed by atoms with Crippen molar-refractivity contribution in [1.82, 2.24) is 0 Å². The second-order valence-electron chi connectivity index (χ2n) is 2.80. The SMILES string of the molecule is N#Cc1cc(C(F)(F)F)cc(Br)c1CN. The Balaban J connectivity index is 3.41. The molecule has 0 fully saturated rings. The van der Waals surface area contributed by atoms with Gasteiger partial charge in [0.1, 0.15) is 0 Å². The molecule has 2 nitrogen and oxygen atoms in total. The molecule has 80 valence electrons. The fourth-order valence-corrected chi connectivity index (χ4v) is 1.73. The number of hydrogen-bond donors (Lipinski definition) is 1. The molecule has 0 bridgehead atoms. The summed E-state index contributed by atoms with van der Waals surface area (Å²) >= 11 is 2.96. The molecule has 0 saturated heterocycles. The number of benzene rings is 1. The topological polar surface area (TPSA) is 49.8 Å². The highest BCUT2D eigenvalue weighted by Crippen LogP contribution is 2.33. The lowest BCUT2D eigenvalue weighted by atomic mass is 10.0. The maximum Gasteiger partial charge on any atom is 0.416 e. The molecule has 6 heteroatoms. The molecule has 0 heterocycles. The molecule has 15 heavy (non-hydrogen) atoms. The van der Waals surface area contributed by atoms with Gasteiger partial charge in [0.2, 0.25) is 0 Å². The van der Waals surface area contributed by atoms with E-state index in [4.69, 9.17) is 11.0 Å². The van der Waals surface area contributed by atoms with Crippen LogP contribution >= 0.6 is 15.9 Å². The molecule has 0 saturated carbocycles. The van der Waals surface area contributed by atoms with Crippen LogP contribution in [0.25, 0.3) is 0 Å². The predicted octanol–water partition coefficient (Wildman–Crippen LogP) is 2.80. The van der Waals surface area contributed by atoms with Crippen LogP contribution in [0.15, 0.2) is 16.6 Å². The molecule has 0 aliphatic heterocycles. The van der Waals surface area contributed by atoms with E-state index in [0.29, 0.717) is 5.56 Å². The van der Waals surface area contributed by atoms with Gasteiger partial charge in [-0.25, -0.2) is 0 Å². The fraction of sp³-hybridized carbons (Fsp3) is 0.222. The van der Waals surface area contributed by atoms with Gasteiger partial charge in [-0.3, -0.25) is 0 Å². The highest BCUT2D eigenvalue weighted by atomic mass is 79.9. The van der Waals surface area contributed by atoms with Crippen molar-refractivity contribution in [1.29, 1.82) is 5.26 Å². The maximum absolute atomic E-state index is 12.4. The van der Waals surface area contributed by atoms with E-state index in [-0.39, 0.29) is 16.6 Å². The summed E-state index contributed by atoms with van der Waals surface area (Å²) in [4.78, 5) is 0. The van der Waals surface area contributed by atoms with E-state index in [2.05, 4.69) is 15.9 Å². The Morgan fingerprint density at radius 2 is 2.00 bits per heavy atom. The molecule has 1 aromatic carbocycles. The van der Waals surface area contributed by atoms with Crippen LogP contribution in [0, 0.1) is 11.3 Å². The minimum atomic E-state index is -4.46. The average Bonchev–Trinajstić information content (AvgIpc) is 2.15. The lowest BCUT2D eigenvalue weighted by molar-refractivity contribution is -0.137. The van der Waals surface area contributed by atoms with E-state index >= 15 is 0 Å². The van der Waals surface area contributed by atoms with Crippen molar-refractivity contribution in [3.8, 4) is 6.07 Å². The summed E-state index contributed by atoms with van der Waals surface area (Å²) in [6.45, 7) is 0.0155. The normalized spacial score (nSPS) is 11.2. The molecule has 0 aliphatic carbocycles. The Morgan fingerprint density at radius 3 is 2.40 bits per heavy atom. The van der Waals surface area contributed by atoms with Crippen molar-refractivity contribution in [2.75, 3.05) is 0 Å². The molecule has 2 N–H and O–H groups in total. The van der Waals surface area contributed by atoms with Crippen molar-refractivity contribution in [2.24, 2.45) is 5.73 Å². The molecule has 0 aliphatic rings. The number of nitriles is 1. The molecular weight excluding hydrogens is 273 g/mol. The lowest BCUT2D eigenvalue weighted by Crippen LogP contribution is -2.08. The number of hydrogen-bond acceptors (Lipinski definition) is 2. The molecule has 0 spiro atoms. The largest absolute Gasteiger partial charge is 0.416 e. The molecular formula is C9H6BrF3N2. The second kappa shape index (κ2) is 4.21. The van der Waals surface area contributed by atoms with E-state index < -0.39 is 11.7 Å². The Hall–Kier alpha value is -1.06. The van der Waals surface area contributed by atoms with Gasteiger partial charge in [-0.05, 0) is 17.7 Å². The highest BCUT2D eigenvalue weighted by molar-refractivity contribution is 9.10. The summed E-state index contributed by atoms with van der Waals surface area (Å²) in [6.07, 6.45) is -4.46. The maximum atomic E-state index is 12.4. The molecule has 0 radical (unpaired) electrons. The number of alkyl halides is 3. The zero-order valence-corrected chi connectivity index (χ0v) is 8.98. The Bertz CT molecular complexity index is 421. The van der Waals surface area contributed by atoms with Crippen LogP contribution in [-0.2, 0) is 12.7 Å². The van der Waals surface area contributed by atoms with Crippen LogP contribution in [-0.4, -0.2) is 0 Å². The van der Waals surface area contributed by atoms with Gasteiger partial charge in [-0.1, -0.05) is 15.9 Å². The van der Waals surface area contributed by atoms with Crippen LogP contribution in [0.1, 0.15) is 16.7 Å². The first kappa shape index (κ1) is 12.0. The van der Waals surface area contributed by atoms with E-state index in [0.717, 1.165) is 12.1 Å². The first-order valence-electron chi connectivity index (χ1n) is 3.90. The van der Waals surface area contributed by atoms with E-state index in [1.54, 1.807) is 6.07 Å². The summed E-state index contributed by atoms with van der Waals surface area (Å²) in [7, 11) is 0. The summed E-state index contributed by atoms with van der Waals surface area (Å²) < 4.78 is 37.3. The lowest BCUT2D eigenvalue weighted by Gasteiger charge is -2.10. The van der Waals surface area contributed by atoms with Gasteiger partial charge in [-0.2, -0.15) is 18.4 Å². The summed E-state index contributed by atoms with van der Waals surface area (Å²) in [5.41, 5.74) is 4.79. The first-order valence-corrected chi connectivity index (χ1v) is 4.69. The standard InChI is InChI=1S/C9H6BrF3N2/c10-8-2-6(9(11,12)13)1-5(3-14)7(8)4-15/h1-2H,4,15H2. The van der Waals surface area contributed by atoms with Gasteiger partial charge < -0.3 is 5.73 Å². The van der Waals surface area contributed by atoms with Crippen molar-refractivity contribution in [2.45, 2.75) is 12.7 Å². The molecule has 1 rings (SSSR count). The number of halogens is 4. The summed E-state index contributed by atoms with van der Waals surface area (Å²) in [5.74, 6) is 0. The van der Waals surface area contributed by atoms with Gasteiger partial charge in [-0.15, -0.1) is 0 Å². The van der Waals surface area contributed by atoms with Crippen molar-refractivity contribution in [3.63, 3.8) is 0 Å². The molecule has 1 aromatic rings. The van der Waals surface area contributed by atoms with Crippen LogP contribution in [0.2, 0.25) is 0 Å². The minimum Gasteiger partial charge on any atom is -0.326 e. The van der Waals surface area contributed by atoms with Gasteiger partial charge >= 0.3 is 6.18 Å². The van der Waals surface area contributed by atoms with Crippen LogP contribution < -0.4 is 5.73 Å². The molecule has 0 atom stereocenters. The third-order valence-corrected chi connectivity index (χ3v) is 2.55. The van der Waals surface area contributed by atoms with Gasteiger partial charge in [0, 0.05) is 11.0 Å². The average molecular weight is 279 g/mol. The van der Waals surface area contributed by atoms with Crippen molar-refractivity contribution < 1.29 is 13.2 Å². The van der Waals surface area contributed by atoms with Crippen molar-refractivity contribution >= 4 is 15.9 Å². The molecule has 0 unspecified atom stereocenters. The monoisotopic (exact) mass is 278 g/mol. The zero-order chi connectivity index (χ0) is 11.6. The van der Waals surface area contributed by atoms with E-state index in [9.17, 15) is 13.2 Å². The summed E-state index contributed by atoms with van der Waals surface area (Å²) in [6, 6.07) is 3.41. The van der Waals surface area contributed by atoms with Crippen LogP contribution in [0.5, 0.6) is 0 Å². The number of nitrogens with zero attached hydrogens (tertiary/aromatic N) is 1. The predicted molar refractivity (Wildman–Crippen MR) is 51.8 cm³/mol. The Labute approximate surface area is 92.6 Å².